The summed E-state index contributed by atoms with van der Waals surface area (Å²) in [6.45, 7) is 4.17. The zero-order valence-electron chi connectivity index (χ0n) is 11.3. The molecule has 1 aliphatic rings. The molecule has 0 bridgehead atoms. The lowest BCUT2D eigenvalue weighted by molar-refractivity contribution is -0.135. The maximum Gasteiger partial charge on any atom is 0.335 e. The van der Waals surface area contributed by atoms with Gasteiger partial charge >= 0.3 is 5.97 Å². The van der Waals surface area contributed by atoms with E-state index in [1.165, 1.54) is 12.1 Å². The highest BCUT2D eigenvalue weighted by Crippen LogP contribution is 2.12. The smallest absolute Gasteiger partial charge is 0.335 e. The Bertz CT molecular complexity index is 480. The molecule has 1 heterocycles. The molecule has 1 unspecified atom stereocenters. The van der Waals surface area contributed by atoms with Crippen LogP contribution in [0, 0.1) is 0 Å². The summed E-state index contributed by atoms with van der Waals surface area (Å²) < 4.78 is 5.21. The molecule has 108 valence electrons. The number of carboxylic acids is 1. The van der Waals surface area contributed by atoms with Crippen LogP contribution < -0.4 is 5.32 Å². The van der Waals surface area contributed by atoms with Crippen LogP contribution in [0.2, 0.25) is 0 Å². The Balaban J connectivity index is 1.94. The number of benzene rings is 1. The molecule has 0 radical (unpaired) electrons. The van der Waals surface area contributed by atoms with Gasteiger partial charge in [0.15, 0.2) is 0 Å². The lowest BCUT2D eigenvalue weighted by Gasteiger charge is -2.29. The van der Waals surface area contributed by atoms with Crippen LogP contribution in [-0.4, -0.2) is 54.2 Å². The van der Waals surface area contributed by atoms with Gasteiger partial charge in [-0.2, -0.15) is 0 Å². The van der Waals surface area contributed by atoms with Gasteiger partial charge in [-0.25, -0.2) is 4.79 Å². The van der Waals surface area contributed by atoms with E-state index in [0.717, 1.165) is 5.69 Å². The third-order valence-corrected chi connectivity index (χ3v) is 3.21. The van der Waals surface area contributed by atoms with Crippen molar-refractivity contribution in [3.63, 3.8) is 0 Å². The van der Waals surface area contributed by atoms with Crippen molar-refractivity contribution in [2.75, 3.05) is 31.6 Å². The molecule has 1 fully saturated rings. The Kier molecular flexibility index (Phi) is 4.57. The molecule has 20 heavy (non-hydrogen) atoms. The van der Waals surface area contributed by atoms with Gasteiger partial charge in [0, 0.05) is 18.8 Å². The van der Waals surface area contributed by atoms with Crippen LogP contribution in [0.1, 0.15) is 17.3 Å². The fourth-order valence-electron chi connectivity index (χ4n) is 2.08. The number of ether oxygens (including phenoxy) is 1. The van der Waals surface area contributed by atoms with Gasteiger partial charge in [-0.15, -0.1) is 0 Å². The lowest BCUT2D eigenvalue weighted by Crippen LogP contribution is -2.46. The van der Waals surface area contributed by atoms with Crippen molar-refractivity contribution >= 4 is 17.6 Å². The van der Waals surface area contributed by atoms with Gasteiger partial charge in [0.25, 0.3) is 0 Å². The second-order valence-corrected chi connectivity index (χ2v) is 4.69. The molecule has 0 aromatic heterocycles. The average Bonchev–Trinajstić information content (AvgIpc) is 2.48. The standard InChI is InChI=1S/C14H18N2O4/c1-10(13(17)16-6-8-20-9-7-16)15-12-4-2-11(3-5-12)14(18)19/h2-5,10,15H,6-9H2,1H3,(H,18,19). The molecule has 2 rings (SSSR count). The zero-order chi connectivity index (χ0) is 14.5. The molecule has 1 saturated heterocycles. The molecule has 0 spiro atoms. The SMILES string of the molecule is CC(Nc1ccc(C(=O)O)cc1)C(=O)N1CCOCC1. The summed E-state index contributed by atoms with van der Waals surface area (Å²) >= 11 is 0. The van der Waals surface area contributed by atoms with Crippen molar-refractivity contribution in [2.45, 2.75) is 13.0 Å². The first-order valence-electron chi connectivity index (χ1n) is 6.54. The Labute approximate surface area is 117 Å². The van der Waals surface area contributed by atoms with Gasteiger partial charge in [-0.1, -0.05) is 0 Å². The van der Waals surface area contributed by atoms with Crippen molar-refractivity contribution < 1.29 is 19.4 Å². The predicted molar refractivity (Wildman–Crippen MR) is 73.9 cm³/mol. The fourth-order valence-corrected chi connectivity index (χ4v) is 2.08. The Morgan fingerprint density at radius 1 is 1.25 bits per heavy atom. The molecule has 1 aromatic rings. The summed E-state index contributed by atoms with van der Waals surface area (Å²) in [5.41, 5.74) is 0.951. The number of amides is 1. The van der Waals surface area contributed by atoms with E-state index in [-0.39, 0.29) is 17.5 Å². The minimum atomic E-state index is -0.964. The van der Waals surface area contributed by atoms with Crippen molar-refractivity contribution in [1.82, 2.24) is 4.90 Å². The number of nitrogens with zero attached hydrogens (tertiary/aromatic N) is 1. The number of nitrogens with one attached hydrogen (secondary N) is 1. The Hall–Kier alpha value is -2.08. The number of rotatable bonds is 4. The predicted octanol–water partition coefficient (Wildman–Crippen LogP) is 1.04. The van der Waals surface area contributed by atoms with E-state index >= 15 is 0 Å². The highest BCUT2D eigenvalue weighted by molar-refractivity contribution is 5.88. The number of anilines is 1. The molecular weight excluding hydrogens is 260 g/mol. The van der Waals surface area contributed by atoms with Crippen LogP contribution in [-0.2, 0) is 9.53 Å². The van der Waals surface area contributed by atoms with Gasteiger partial charge in [0.05, 0.1) is 18.8 Å². The zero-order valence-corrected chi connectivity index (χ0v) is 11.3. The van der Waals surface area contributed by atoms with Crippen LogP contribution in [0.25, 0.3) is 0 Å². The highest BCUT2D eigenvalue weighted by atomic mass is 16.5. The minimum Gasteiger partial charge on any atom is -0.478 e. The van der Waals surface area contributed by atoms with Crippen molar-refractivity contribution in [2.24, 2.45) is 0 Å². The van der Waals surface area contributed by atoms with E-state index in [1.807, 2.05) is 0 Å². The molecule has 6 heteroatoms. The normalized spacial score (nSPS) is 16.6. The van der Waals surface area contributed by atoms with Crippen molar-refractivity contribution in [1.29, 1.82) is 0 Å². The Morgan fingerprint density at radius 2 is 1.85 bits per heavy atom. The highest BCUT2D eigenvalue weighted by Gasteiger charge is 2.22. The van der Waals surface area contributed by atoms with Gasteiger partial charge in [-0.3, -0.25) is 4.79 Å². The topological polar surface area (TPSA) is 78.9 Å². The lowest BCUT2D eigenvalue weighted by atomic mass is 10.2. The molecule has 6 nitrogen and oxygen atoms in total. The maximum atomic E-state index is 12.2. The summed E-state index contributed by atoms with van der Waals surface area (Å²) in [4.78, 5) is 24.7. The molecule has 1 amide bonds. The number of morpholine rings is 1. The second kappa shape index (κ2) is 6.38. The number of carboxylic acid groups (broad SMARTS) is 1. The molecular formula is C14H18N2O4. The summed E-state index contributed by atoms with van der Waals surface area (Å²) in [6, 6.07) is 5.98. The van der Waals surface area contributed by atoms with Gasteiger partial charge < -0.3 is 20.1 Å². The third kappa shape index (κ3) is 3.48. The van der Waals surface area contributed by atoms with E-state index in [0.29, 0.717) is 26.3 Å². The number of carbonyl (C=O) groups excluding carboxylic acids is 1. The van der Waals surface area contributed by atoms with E-state index in [1.54, 1.807) is 24.0 Å². The second-order valence-electron chi connectivity index (χ2n) is 4.69. The van der Waals surface area contributed by atoms with Crippen LogP contribution in [0.15, 0.2) is 24.3 Å². The van der Waals surface area contributed by atoms with Crippen LogP contribution in [0.5, 0.6) is 0 Å². The Morgan fingerprint density at radius 3 is 2.40 bits per heavy atom. The van der Waals surface area contributed by atoms with Crippen molar-refractivity contribution in [3.05, 3.63) is 29.8 Å². The molecule has 1 atom stereocenters. The third-order valence-electron chi connectivity index (χ3n) is 3.21. The largest absolute Gasteiger partial charge is 0.478 e. The van der Waals surface area contributed by atoms with E-state index in [4.69, 9.17) is 9.84 Å². The summed E-state index contributed by atoms with van der Waals surface area (Å²) in [5, 5.41) is 11.9. The van der Waals surface area contributed by atoms with Gasteiger partial charge in [-0.05, 0) is 31.2 Å². The van der Waals surface area contributed by atoms with Gasteiger partial charge in [0.2, 0.25) is 5.91 Å². The number of hydrogen-bond donors (Lipinski definition) is 2. The maximum absolute atomic E-state index is 12.2. The monoisotopic (exact) mass is 278 g/mol. The summed E-state index contributed by atoms with van der Waals surface area (Å²) in [6.07, 6.45) is 0. The molecule has 0 saturated carbocycles. The summed E-state index contributed by atoms with van der Waals surface area (Å²) in [7, 11) is 0. The average molecular weight is 278 g/mol. The first kappa shape index (κ1) is 14.3. The number of aromatic carboxylic acids is 1. The molecule has 0 aliphatic carbocycles. The van der Waals surface area contributed by atoms with Crippen LogP contribution in [0.4, 0.5) is 5.69 Å². The van der Waals surface area contributed by atoms with E-state index in [2.05, 4.69) is 5.32 Å². The molecule has 2 N–H and O–H groups in total. The van der Waals surface area contributed by atoms with Crippen LogP contribution in [0.3, 0.4) is 0 Å². The first-order valence-corrected chi connectivity index (χ1v) is 6.54. The first-order chi connectivity index (χ1) is 9.58. The quantitative estimate of drug-likeness (QED) is 0.860. The summed E-state index contributed by atoms with van der Waals surface area (Å²) in [5.74, 6) is -0.940. The molecule has 1 aliphatic heterocycles. The molecule has 1 aromatic carbocycles. The number of carbonyl (C=O) groups is 2. The van der Waals surface area contributed by atoms with E-state index in [9.17, 15) is 9.59 Å². The number of hydrogen-bond acceptors (Lipinski definition) is 4. The fraction of sp³-hybridized carbons (Fsp3) is 0.429. The van der Waals surface area contributed by atoms with Crippen LogP contribution >= 0.6 is 0 Å². The van der Waals surface area contributed by atoms with Crippen molar-refractivity contribution in [3.8, 4) is 0 Å². The minimum absolute atomic E-state index is 0.0237. The van der Waals surface area contributed by atoms with E-state index < -0.39 is 5.97 Å². The van der Waals surface area contributed by atoms with Gasteiger partial charge in [0.1, 0.15) is 6.04 Å².